The van der Waals surface area contributed by atoms with Gasteiger partial charge in [0.2, 0.25) is 0 Å². The van der Waals surface area contributed by atoms with Crippen molar-refractivity contribution in [3.8, 4) is 0 Å². The van der Waals surface area contributed by atoms with E-state index >= 15 is 0 Å². The molecule has 0 aromatic rings. The van der Waals surface area contributed by atoms with Gasteiger partial charge in [-0.3, -0.25) is 0 Å². The molecule has 3 aliphatic rings. The van der Waals surface area contributed by atoms with Gasteiger partial charge in [0, 0.05) is 18.6 Å². The molecule has 2 bridgehead atoms. The molecule has 2 amide bonds. The summed E-state index contributed by atoms with van der Waals surface area (Å²) in [4.78, 5) is 27.5. The third kappa shape index (κ3) is 2.26. The van der Waals surface area contributed by atoms with Gasteiger partial charge in [-0.05, 0) is 44.9 Å². The summed E-state index contributed by atoms with van der Waals surface area (Å²) in [5.74, 6) is -0.901. The van der Waals surface area contributed by atoms with Crippen LogP contribution < -0.4 is 0 Å². The fourth-order valence-corrected chi connectivity index (χ4v) is 4.03. The Bertz CT molecular complexity index is 400. The summed E-state index contributed by atoms with van der Waals surface area (Å²) in [5.41, 5.74) is 0. The van der Waals surface area contributed by atoms with Crippen molar-refractivity contribution in [3.63, 3.8) is 0 Å². The summed E-state index contributed by atoms with van der Waals surface area (Å²) in [5, 5.41) is 19.1. The minimum absolute atomic E-state index is 0.0904. The van der Waals surface area contributed by atoms with Gasteiger partial charge in [0.15, 0.2) is 0 Å². The maximum atomic E-state index is 12.7. The Kier molecular flexibility index (Phi) is 3.58. The lowest BCUT2D eigenvalue weighted by atomic mass is 9.99. The highest BCUT2D eigenvalue weighted by molar-refractivity contribution is 5.83. The number of rotatable bonds is 1. The maximum absolute atomic E-state index is 12.7. The molecule has 3 heterocycles. The minimum Gasteiger partial charge on any atom is -0.480 e. The zero-order valence-corrected chi connectivity index (χ0v) is 11.6. The zero-order valence-electron chi connectivity index (χ0n) is 11.6. The number of piperidine rings is 2. The van der Waals surface area contributed by atoms with Gasteiger partial charge in [-0.15, -0.1) is 0 Å². The van der Waals surface area contributed by atoms with Crippen LogP contribution in [0.3, 0.4) is 0 Å². The fraction of sp³-hybridized carbons (Fsp3) is 0.857. The second-order valence-corrected chi connectivity index (χ2v) is 6.24. The number of carboxylic acids is 1. The average Bonchev–Trinajstić information content (AvgIpc) is 2.70. The van der Waals surface area contributed by atoms with Gasteiger partial charge in [-0.1, -0.05) is 0 Å². The lowest BCUT2D eigenvalue weighted by Gasteiger charge is -2.42. The minimum atomic E-state index is -0.901. The van der Waals surface area contributed by atoms with Gasteiger partial charge >= 0.3 is 12.0 Å². The molecular formula is C14H22N2O4. The number of hydrogen-bond acceptors (Lipinski definition) is 3. The summed E-state index contributed by atoms with van der Waals surface area (Å²) in [7, 11) is 0. The average molecular weight is 282 g/mol. The molecular weight excluding hydrogens is 260 g/mol. The third-order valence-electron chi connectivity index (χ3n) is 4.96. The van der Waals surface area contributed by atoms with Gasteiger partial charge < -0.3 is 20.0 Å². The lowest BCUT2D eigenvalue weighted by molar-refractivity contribution is -0.143. The smallest absolute Gasteiger partial charge is 0.326 e. The standard InChI is InChI=1S/C14H22N2O4/c17-11-7-9-4-5-10(8-11)16(9)14(20)15-6-2-1-3-12(15)13(18)19/h9-12,17H,1-8H2,(H,18,19). The molecule has 6 heteroatoms. The van der Waals surface area contributed by atoms with Crippen LogP contribution in [-0.2, 0) is 4.79 Å². The molecule has 3 fully saturated rings. The second-order valence-electron chi connectivity index (χ2n) is 6.24. The van der Waals surface area contributed by atoms with Crippen LogP contribution in [0.5, 0.6) is 0 Å². The van der Waals surface area contributed by atoms with Crippen LogP contribution in [0.4, 0.5) is 4.79 Å². The van der Waals surface area contributed by atoms with Crippen LogP contribution in [0.2, 0.25) is 0 Å². The highest BCUT2D eigenvalue weighted by Crippen LogP contribution is 2.37. The molecule has 112 valence electrons. The molecule has 6 nitrogen and oxygen atoms in total. The van der Waals surface area contributed by atoms with E-state index in [4.69, 9.17) is 0 Å². The van der Waals surface area contributed by atoms with Crippen LogP contribution in [0.15, 0.2) is 0 Å². The van der Waals surface area contributed by atoms with Gasteiger partial charge in [-0.2, -0.15) is 0 Å². The van der Waals surface area contributed by atoms with Crippen molar-refractivity contribution in [1.29, 1.82) is 0 Å². The van der Waals surface area contributed by atoms with E-state index < -0.39 is 12.0 Å². The number of fused-ring (bicyclic) bond motifs is 2. The highest BCUT2D eigenvalue weighted by atomic mass is 16.4. The molecule has 2 N–H and O–H groups in total. The van der Waals surface area contributed by atoms with E-state index in [0.717, 1.165) is 25.7 Å². The Labute approximate surface area is 118 Å². The predicted molar refractivity (Wildman–Crippen MR) is 71.3 cm³/mol. The lowest BCUT2D eigenvalue weighted by Crippen LogP contribution is -2.58. The van der Waals surface area contributed by atoms with E-state index in [2.05, 4.69) is 0 Å². The number of carbonyl (C=O) groups excluding carboxylic acids is 1. The van der Waals surface area contributed by atoms with E-state index in [1.165, 1.54) is 4.90 Å². The molecule has 3 unspecified atom stereocenters. The van der Waals surface area contributed by atoms with Crippen molar-refractivity contribution in [1.82, 2.24) is 9.80 Å². The number of carbonyl (C=O) groups is 2. The van der Waals surface area contributed by atoms with Crippen molar-refractivity contribution >= 4 is 12.0 Å². The topological polar surface area (TPSA) is 81.1 Å². The van der Waals surface area contributed by atoms with Crippen LogP contribution in [-0.4, -0.2) is 62.8 Å². The van der Waals surface area contributed by atoms with Crippen LogP contribution in [0.1, 0.15) is 44.9 Å². The molecule has 0 saturated carbocycles. The molecule has 20 heavy (non-hydrogen) atoms. The van der Waals surface area contributed by atoms with E-state index in [1.54, 1.807) is 0 Å². The number of urea groups is 1. The molecule has 0 aromatic heterocycles. The number of aliphatic carboxylic acids is 1. The number of hydrogen-bond donors (Lipinski definition) is 2. The highest BCUT2D eigenvalue weighted by Gasteiger charge is 2.46. The first kappa shape index (κ1) is 13.7. The van der Waals surface area contributed by atoms with Crippen molar-refractivity contribution in [2.75, 3.05) is 6.54 Å². The largest absolute Gasteiger partial charge is 0.480 e. The fourth-order valence-electron chi connectivity index (χ4n) is 4.03. The summed E-state index contributed by atoms with van der Waals surface area (Å²) in [6.45, 7) is 0.536. The van der Waals surface area contributed by atoms with Crippen molar-refractivity contribution in [3.05, 3.63) is 0 Å². The Morgan fingerprint density at radius 1 is 1.00 bits per heavy atom. The third-order valence-corrected chi connectivity index (χ3v) is 4.96. The monoisotopic (exact) mass is 282 g/mol. The van der Waals surface area contributed by atoms with Crippen molar-refractivity contribution < 1.29 is 19.8 Å². The summed E-state index contributed by atoms with van der Waals surface area (Å²) >= 11 is 0. The summed E-state index contributed by atoms with van der Waals surface area (Å²) < 4.78 is 0. The molecule has 0 radical (unpaired) electrons. The van der Waals surface area contributed by atoms with Gasteiger partial charge in [0.25, 0.3) is 0 Å². The van der Waals surface area contributed by atoms with Gasteiger partial charge in [0.1, 0.15) is 6.04 Å². The zero-order chi connectivity index (χ0) is 14.3. The van der Waals surface area contributed by atoms with Crippen LogP contribution in [0, 0.1) is 0 Å². The molecule has 0 aromatic carbocycles. The molecule has 3 saturated heterocycles. The van der Waals surface area contributed by atoms with Crippen molar-refractivity contribution in [2.45, 2.75) is 69.2 Å². The first-order chi connectivity index (χ1) is 9.58. The SMILES string of the molecule is O=C(O)C1CCCCN1C(=O)N1C2CCC1CC(O)C2. The number of likely N-dealkylation sites (tertiary alicyclic amines) is 1. The Balaban J connectivity index is 1.76. The first-order valence-electron chi connectivity index (χ1n) is 7.57. The Morgan fingerprint density at radius 2 is 1.65 bits per heavy atom. The van der Waals surface area contributed by atoms with Crippen molar-refractivity contribution in [2.24, 2.45) is 0 Å². The number of aliphatic hydroxyl groups is 1. The molecule has 0 aliphatic carbocycles. The first-order valence-corrected chi connectivity index (χ1v) is 7.57. The van der Waals surface area contributed by atoms with Crippen LogP contribution in [0.25, 0.3) is 0 Å². The number of aliphatic hydroxyl groups excluding tert-OH is 1. The Morgan fingerprint density at radius 3 is 2.25 bits per heavy atom. The van der Waals surface area contributed by atoms with E-state index in [9.17, 15) is 19.8 Å². The number of nitrogens with zero attached hydrogens (tertiary/aromatic N) is 2. The van der Waals surface area contributed by atoms with E-state index in [-0.39, 0.29) is 24.2 Å². The molecule has 0 spiro atoms. The molecule has 3 rings (SSSR count). The van der Waals surface area contributed by atoms with E-state index in [0.29, 0.717) is 25.8 Å². The number of amides is 2. The quantitative estimate of drug-likeness (QED) is 0.753. The maximum Gasteiger partial charge on any atom is 0.326 e. The molecule has 3 atom stereocenters. The number of carboxylic acid groups (broad SMARTS) is 1. The predicted octanol–water partition coefficient (Wildman–Crippen LogP) is 1.03. The van der Waals surface area contributed by atoms with Crippen LogP contribution >= 0.6 is 0 Å². The normalized spacial score (nSPS) is 37.0. The summed E-state index contributed by atoms with van der Waals surface area (Å²) in [6.07, 6.45) is 5.11. The van der Waals surface area contributed by atoms with Gasteiger partial charge in [0.05, 0.1) is 6.10 Å². The second kappa shape index (κ2) is 5.24. The molecule has 3 aliphatic heterocycles. The van der Waals surface area contributed by atoms with E-state index in [1.807, 2.05) is 4.90 Å². The Hall–Kier alpha value is -1.30. The summed E-state index contributed by atoms with van der Waals surface area (Å²) in [6, 6.07) is -0.626. The van der Waals surface area contributed by atoms with Gasteiger partial charge in [-0.25, -0.2) is 9.59 Å².